The number of aliphatic carboxylic acids is 1. The largest absolute Gasteiger partial charge is 0.480 e. The minimum atomic E-state index is -1.10. The maximum Gasteiger partial charge on any atom is 0.326 e. The van der Waals surface area contributed by atoms with E-state index < -0.39 is 35.9 Å². The van der Waals surface area contributed by atoms with Gasteiger partial charge in [0.05, 0.1) is 6.04 Å². The molecule has 12 heteroatoms. The zero-order valence-corrected chi connectivity index (χ0v) is 21.4. The minimum absolute atomic E-state index is 0.211. The predicted octanol–water partition coefficient (Wildman–Crippen LogP) is 0.537. The zero-order valence-electron chi connectivity index (χ0n) is 19.0. The molecule has 0 aromatic rings. The molecule has 3 amide bonds. The smallest absolute Gasteiger partial charge is 0.326 e. The van der Waals surface area contributed by atoms with Crippen molar-refractivity contribution < 1.29 is 24.3 Å². The van der Waals surface area contributed by atoms with Gasteiger partial charge in [-0.25, -0.2) is 4.79 Å². The molecule has 1 rings (SSSR count). The summed E-state index contributed by atoms with van der Waals surface area (Å²) in [4.78, 5) is 49.9. The molecule has 0 aliphatic carbocycles. The van der Waals surface area contributed by atoms with Crippen LogP contribution in [0.15, 0.2) is 0 Å². The molecule has 0 bridgehead atoms. The Kier molecular flexibility index (Phi) is 14.9. The van der Waals surface area contributed by atoms with Crippen LogP contribution in [0.1, 0.15) is 32.1 Å². The van der Waals surface area contributed by atoms with Gasteiger partial charge in [0.1, 0.15) is 18.1 Å². The summed E-state index contributed by atoms with van der Waals surface area (Å²) in [5.74, 6) is -0.371. The van der Waals surface area contributed by atoms with Gasteiger partial charge in [0.2, 0.25) is 17.7 Å². The predicted molar refractivity (Wildman–Crippen MR) is 133 cm³/mol. The minimum Gasteiger partial charge on any atom is -0.480 e. The lowest BCUT2D eigenvalue weighted by molar-refractivity contribution is -0.142. The van der Waals surface area contributed by atoms with Gasteiger partial charge in [-0.1, -0.05) is 0 Å². The third-order valence-corrected chi connectivity index (χ3v) is 7.02. The van der Waals surface area contributed by atoms with Crippen molar-refractivity contribution >= 4 is 59.0 Å². The first-order valence-corrected chi connectivity index (χ1v) is 14.9. The molecule has 0 aromatic carbocycles. The van der Waals surface area contributed by atoms with E-state index in [1.807, 2.05) is 18.8 Å². The van der Waals surface area contributed by atoms with Gasteiger partial charge < -0.3 is 26.4 Å². The molecule has 9 nitrogen and oxygen atoms in total. The molecule has 1 heterocycles. The van der Waals surface area contributed by atoms with Crippen LogP contribution in [0, 0.1) is 0 Å². The summed E-state index contributed by atoms with van der Waals surface area (Å²) in [6.45, 7) is 0.776. The highest BCUT2D eigenvalue weighted by Crippen LogP contribution is 2.09. The van der Waals surface area contributed by atoms with Crippen LogP contribution in [0.2, 0.25) is 0 Å². The first-order chi connectivity index (χ1) is 15.3. The monoisotopic (exact) mass is 508 g/mol. The molecule has 1 aliphatic rings. The lowest BCUT2D eigenvalue weighted by Crippen LogP contribution is -2.57. The summed E-state index contributed by atoms with van der Waals surface area (Å²) in [6, 6.07) is -2.94. The molecular weight excluding hydrogens is 472 g/mol. The number of carbonyl (C=O) groups is 4. The molecule has 1 aliphatic heterocycles. The topological polar surface area (TPSA) is 137 Å². The fourth-order valence-electron chi connectivity index (χ4n) is 3.23. The highest BCUT2D eigenvalue weighted by molar-refractivity contribution is 7.98. The van der Waals surface area contributed by atoms with Gasteiger partial charge in [-0.2, -0.15) is 35.3 Å². The Balaban J connectivity index is 2.84. The summed E-state index contributed by atoms with van der Waals surface area (Å²) in [7, 11) is 0. The average molecular weight is 509 g/mol. The first kappa shape index (κ1) is 28.9. The first-order valence-electron chi connectivity index (χ1n) is 10.7. The molecule has 0 radical (unpaired) electrons. The van der Waals surface area contributed by atoms with E-state index >= 15 is 0 Å². The second-order valence-corrected chi connectivity index (χ2v) is 10.5. The summed E-state index contributed by atoms with van der Waals surface area (Å²) < 4.78 is 0. The standard InChI is InChI=1S/C20H36N4O5S3/c1-30-10-6-14(22-17(25)13-5-4-9-21-13)18(26)23-15(7-11-31-2)19(27)24-16(20(28)29)8-12-32-3/h13-16,21H,4-12H2,1-3H3,(H,22,25)(H,23,26)(H,24,27)(H,28,29). The van der Waals surface area contributed by atoms with E-state index in [0.717, 1.165) is 19.4 Å². The number of hydrogen-bond donors (Lipinski definition) is 5. The Bertz CT molecular complexity index is 620. The quantitative estimate of drug-likeness (QED) is 0.202. The maximum absolute atomic E-state index is 13.0. The Morgan fingerprint density at radius 1 is 0.844 bits per heavy atom. The van der Waals surface area contributed by atoms with Crippen LogP contribution in [-0.2, 0) is 19.2 Å². The van der Waals surface area contributed by atoms with Crippen LogP contribution in [0.25, 0.3) is 0 Å². The van der Waals surface area contributed by atoms with Gasteiger partial charge >= 0.3 is 5.97 Å². The zero-order chi connectivity index (χ0) is 23.9. The van der Waals surface area contributed by atoms with E-state index in [-0.39, 0.29) is 11.9 Å². The third kappa shape index (κ3) is 10.7. The molecule has 1 fully saturated rings. The van der Waals surface area contributed by atoms with Crippen molar-refractivity contribution in [3.63, 3.8) is 0 Å². The summed E-state index contributed by atoms with van der Waals surface area (Å²) in [5, 5.41) is 20.7. The molecule has 5 N–H and O–H groups in total. The molecule has 0 saturated carbocycles. The van der Waals surface area contributed by atoms with Crippen LogP contribution in [0.4, 0.5) is 0 Å². The van der Waals surface area contributed by atoms with E-state index in [4.69, 9.17) is 0 Å². The van der Waals surface area contributed by atoms with Crippen molar-refractivity contribution in [2.24, 2.45) is 0 Å². The number of carboxylic acid groups (broad SMARTS) is 1. The fraction of sp³-hybridized carbons (Fsp3) is 0.800. The van der Waals surface area contributed by atoms with Crippen molar-refractivity contribution in [2.75, 3.05) is 42.6 Å². The Morgan fingerprint density at radius 3 is 1.75 bits per heavy atom. The molecule has 0 spiro atoms. The number of rotatable bonds is 16. The van der Waals surface area contributed by atoms with Gasteiger partial charge in [-0.15, -0.1) is 0 Å². The number of thioether (sulfide) groups is 3. The molecule has 4 unspecified atom stereocenters. The highest BCUT2D eigenvalue weighted by atomic mass is 32.2. The van der Waals surface area contributed by atoms with Crippen LogP contribution in [-0.4, -0.2) is 95.5 Å². The normalized spacial score (nSPS) is 18.4. The number of carboxylic acids is 1. The van der Waals surface area contributed by atoms with Crippen LogP contribution in [0.3, 0.4) is 0 Å². The van der Waals surface area contributed by atoms with Crippen LogP contribution < -0.4 is 21.3 Å². The Hall–Kier alpha value is -1.11. The van der Waals surface area contributed by atoms with E-state index in [1.54, 1.807) is 11.8 Å². The lowest BCUT2D eigenvalue weighted by Gasteiger charge is -2.25. The SMILES string of the molecule is CSCCC(NC(=O)C(CCSC)NC(=O)C(CCSC)NC(=O)C1CCCN1)C(=O)O. The second-order valence-electron chi connectivity index (χ2n) is 7.52. The number of amides is 3. The van der Waals surface area contributed by atoms with E-state index in [0.29, 0.717) is 36.5 Å². The van der Waals surface area contributed by atoms with Crippen molar-refractivity contribution in [3.05, 3.63) is 0 Å². The number of hydrogen-bond acceptors (Lipinski definition) is 8. The molecule has 0 aromatic heterocycles. The average Bonchev–Trinajstić information content (AvgIpc) is 3.31. The molecular formula is C20H36N4O5S3. The maximum atomic E-state index is 13.0. The molecule has 1 saturated heterocycles. The van der Waals surface area contributed by atoms with Gasteiger partial charge in [0.15, 0.2) is 0 Å². The molecule has 32 heavy (non-hydrogen) atoms. The summed E-state index contributed by atoms with van der Waals surface area (Å²) >= 11 is 4.60. The van der Waals surface area contributed by atoms with Crippen molar-refractivity contribution in [1.29, 1.82) is 0 Å². The van der Waals surface area contributed by atoms with Crippen LogP contribution >= 0.6 is 35.3 Å². The van der Waals surface area contributed by atoms with E-state index in [1.165, 1.54) is 23.5 Å². The second kappa shape index (κ2) is 16.5. The molecule has 4 atom stereocenters. The highest BCUT2D eigenvalue weighted by Gasteiger charge is 2.31. The number of nitrogens with one attached hydrogen (secondary N) is 4. The third-order valence-electron chi connectivity index (χ3n) is 5.09. The van der Waals surface area contributed by atoms with E-state index in [9.17, 15) is 24.3 Å². The summed E-state index contributed by atoms with van der Waals surface area (Å²) in [6.07, 6.45) is 8.43. The fourth-order valence-corrected chi connectivity index (χ4v) is 4.64. The van der Waals surface area contributed by atoms with Gasteiger partial charge in [-0.05, 0) is 74.7 Å². The van der Waals surface area contributed by atoms with E-state index in [2.05, 4.69) is 21.3 Å². The van der Waals surface area contributed by atoms with Gasteiger partial charge in [0, 0.05) is 0 Å². The Labute approximate surface area is 203 Å². The van der Waals surface area contributed by atoms with Gasteiger partial charge in [-0.3, -0.25) is 14.4 Å². The lowest BCUT2D eigenvalue weighted by atomic mass is 10.1. The van der Waals surface area contributed by atoms with Crippen LogP contribution in [0.5, 0.6) is 0 Å². The number of carbonyl (C=O) groups excluding carboxylic acids is 3. The van der Waals surface area contributed by atoms with Crippen molar-refractivity contribution in [1.82, 2.24) is 21.3 Å². The Morgan fingerprint density at radius 2 is 1.31 bits per heavy atom. The van der Waals surface area contributed by atoms with Crippen molar-refractivity contribution in [3.8, 4) is 0 Å². The van der Waals surface area contributed by atoms with Gasteiger partial charge in [0.25, 0.3) is 0 Å². The summed E-state index contributed by atoms with van der Waals surface area (Å²) in [5.41, 5.74) is 0. The van der Waals surface area contributed by atoms with Crippen molar-refractivity contribution in [2.45, 2.75) is 56.3 Å². The molecule has 184 valence electrons.